The monoisotopic (exact) mass is 296 g/mol. The fourth-order valence-corrected chi connectivity index (χ4v) is 1.71. The molecule has 0 atom stereocenters. The Morgan fingerprint density at radius 3 is 2.55 bits per heavy atom. The molecular formula is C13H14ClFN4O. The van der Waals surface area contributed by atoms with Gasteiger partial charge in [0.15, 0.2) is 0 Å². The fraction of sp³-hybridized carbons (Fsp3) is 0.308. The van der Waals surface area contributed by atoms with Crippen LogP contribution in [0.2, 0.25) is 5.28 Å². The van der Waals surface area contributed by atoms with E-state index in [1.54, 1.807) is 25.2 Å². The molecule has 0 spiro atoms. The summed E-state index contributed by atoms with van der Waals surface area (Å²) in [7, 11) is 1.64. The molecule has 0 N–H and O–H groups in total. The van der Waals surface area contributed by atoms with Crippen LogP contribution in [-0.2, 0) is 0 Å². The van der Waals surface area contributed by atoms with Crippen LogP contribution in [0.3, 0.4) is 0 Å². The first kappa shape index (κ1) is 14.5. The third-order valence-corrected chi connectivity index (χ3v) is 2.60. The van der Waals surface area contributed by atoms with Gasteiger partial charge in [0.1, 0.15) is 5.82 Å². The van der Waals surface area contributed by atoms with E-state index in [0.29, 0.717) is 5.69 Å². The Bertz CT molecular complexity index is 609. The summed E-state index contributed by atoms with van der Waals surface area (Å²) in [6.07, 6.45) is -0.0971. The first-order valence-electron chi connectivity index (χ1n) is 6.04. The first-order chi connectivity index (χ1) is 9.47. The van der Waals surface area contributed by atoms with E-state index in [9.17, 15) is 4.39 Å². The summed E-state index contributed by atoms with van der Waals surface area (Å²) in [4.78, 5) is 13.5. The molecule has 0 saturated heterocycles. The summed E-state index contributed by atoms with van der Waals surface area (Å²) >= 11 is 5.84. The van der Waals surface area contributed by atoms with E-state index >= 15 is 0 Å². The number of para-hydroxylation sites is 1. The fourth-order valence-electron chi connectivity index (χ4n) is 1.57. The summed E-state index contributed by atoms with van der Waals surface area (Å²) in [5.41, 5.74) is 0.338. The van der Waals surface area contributed by atoms with Crippen molar-refractivity contribution in [2.45, 2.75) is 20.0 Å². The lowest BCUT2D eigenvalue weighted by molar-refractivity contribution is 0.221. The number of aromatic nitrogens is 3. The number of anilines is 2. The maximum Gasteiger partial charge on any atom is 0.322 e. The van der Waals surface area contributed by atoms with E-state index in [1.807, 2.05) is 13.8 Å². The van der Waals surface area contributed by atoms with Crippen molar-refractivity contribution < 1.29 is 9.13 Å². The molecule has 1 aromatic heterocycles. The van der Waals surface area contributed by atoms with Crippen LogP contribution >= 0.6 is 11.6 Å². The van der Waals surface area contributed by atoms with Crippen LogP contribution in [0.15, 0.2) is 24.3 Å². The summed E-state index contributed by atoms with van der Waals surface area (Å²) in [5, 5.41) is -0.00570. The molecule has 0 radical (unpaired) electrons. The van der Waals surface area contributed by atoms with Crippen molar-refractivity contribution in [3.05, 3.63) is 35.4 Å². The van der Waals surface area contributed by atoms with Crippen LogP contribution in [-0.4, -0.2) is 28.1 Å². The van der Waals surface area contributed by atoms with Gasteiger partial charge in [0, 0.05) is 7.05 Å². The topological polar surface area (TPSA) is 51.1 Å². The number of benzene rings is 1. The van der Waals surface area contributed by atoms with E-state index in [0.717, 1.165) is 0 Å². The average molecular weight is 297 g/mol. The summed E-state index contributed by atoms with van der Waals surface area (Å²) < 4.78 is 19.1. The summed E-state index contributed by atoms with van der Waals surface area (Å²) in [5.74, 6) is -0.163. The largest absolute Gasteiger partial charge is 0.461 e. The van der Waals surface area contributed by atoms with Gasteiger partial charge in [-0.25, -0.2) is 4.39 Å². The molecule has 106 valence electrons. The highest BCUT2D eigenvalue weighted by atomic mass is 35.5. The van der Waals surface area contributed by atoms with Crippen LogP contribution in [0.4, 0.5) is 16.0 Å². The van der Waals surface area contributed by atoms with E-state index in [-0.39, 0.29) is 29.2 Å². The highest BCUT2D eigenvalue weighted by Gasteiger charge is 2.15. The zero-order chi connectivity index (χ0) is 14.7. The lowest BCUT2D eigenvalue weighted by Crippen LogP contribution is -2.17. The normalized spacial score (nSPS) is 10.7. The Kier molecular flexibility index (Phi) is 4.34. The highest BCUT2D eigenvalue weighted by molar-refractivity contribution is 6.28. The van der Waals surface area contributed by atoms with Crippen molar-refractivity contribution in [1.29, 1.82) is 0 Å². The Labute approximate surface area is 121 Å². The van der Waals surface area contributed by atoms with E-state index in [1.165, 1.54) is 11.0 Å². The predicted molar refractivity (Wildman–Crippen MR) is 75.1 cm³/mol. The molecule has 0 bridgehead atoms. The van der Waals surface area contributed by atoms with Gasteiger partial charge in [-0.05, 0) is 37.6 Å². The summed E-state index contributed by atoms with van der Waals surface area (Å²) in [6, 6.07) is 6.43. The first-order valence-corrected chi connectivity index (χ1v) is 6.41. The van der Waals surface area contributed by atoms with Crippen molar-refractivity contribution in [2.24, 2.45) is 0 Å². The van der Waals surface area contributed by atoms with Crippen molar-refractivity contribution in [3.63, 3.8) is 0 Å². The van der Waals surface area contributed by atoms with Crippen molar-refractivity contribution >= 4 is 23.2 Å². The smallest absolute Gasteiger partial charge is 0.322 e. The van der Waals surface area contributed by atoms with Gasteiger partial charge in [0.05, 0.1) is 11.8 Å². The Morgan fingerprint density at radius 2 is 1.90 bits per heavy atom. The molecule has 0 fully saturated rings. The Morgan fingerprint density at radius 1 is 1.20 bits per heavy atom. The van der Waals surface area contributed by atoms with Gasteiger partial charge < -0.3 is 9.64 Å². The second-order valence-corrected chi connectivity index (χ2v) is 4.70. The van der Waals surface area contributed by atoms with Crippen LogP contribution in [0, 0.1) is 5.82 Å². The number of ether oxygens (including phenoxy) is 1. The average Bonchev–Trinajstić information content (AvgIpc) is 2.37. The lowest BCUT2D eigenvalue weighted by atomic mass is 10.3. The SMILES string of the molecule is CC(C)Oc1nc(Cl)nc(N(C)c2ccccc2F)n1. The lowest BCUT2D eigenvalue weighted by Gasteiger charge is -2.18. The van der Waals surface area contributed by atoms with Gasteiger partial charge in [-0.15, -0.1) is 0 Å². The number of hydrogen-bond acceptors (Lipinski definition) is 5. The maximum atomic E-state index is 13.8. The zero-order valence-electron chi connectivity index (χ0n) is 11.3. The number of hydrogen-bond donors (Lipinski definition) is 0. The van der Waals surface area contributed by atoms with E-state index in [2.05, 4.69) is 15.0 Å². The quantitative estimate of drug-likeness (QED) is 0.867. The molecule has 2 rings (SSSR count). The van der Waals surface area contributed by atoms with Crippen molar-refractivity contribution in [1.82, 2.24) is 15.0 Å². The van der Waals surface area contributed by atoms with E-state index in [4.69, 9.17) is 16.3 Å². The van der Waals surface area contributed by atoms with Gasteiger partial charge in [0.2, 0.25) is 11.2 Å². The molecule has 0 aliphatic heterocycles. The van der Waals surface area contributed by atoms with Gasteiger partial charge in [-0.2, -0.15) is 15.0 Å². The minimum absolute atomic E-state index is 0.00570. The van der Waals surface area contributed by atoms with Crippen LogP contribution < -0.4 is 9.64 Å². The number of nitrogens with zero attached hydrogens (tertiary/aromatic N) is 4. The van der Waals surface area contributed by atoms with Crippen LogP contribution in [0.25, 0.3) is 0 Å². The van der Waals surface area contributed by atoms with Crippen molar-refractivity contribution in [2.75, 3.05) is 11.9 Å². The Hall–Kier alpha value is -1.95. The minimum Gasteiger partial charge on any atom is -0.461 e. The second-order valence-electron chi connectivity index (χ2n) is 4.36. The molecule has 2 aromatic rings. The standard InChI is InChI=1S/C13H14ClFN4O/c1-8(2)20-13-17-11(14)16-12(18-13)19(3)10-7-5-4-6-9(10)15/h4-8H,1-3H3. The van der Waals surface area contributed by atoms with Crippen LogP contribution in [0.1, 0.15) is 13.8 Å². The molecule has 0 aliphatic carbocycles. The third-order valence-electron chi connectivity index (χ3n) is 2.43. The molecule has 0 aliphatic rings. The molecule has 1 aromatic carbocycles. The second kappa shape index (κ2) is 6.00. The minimum atomic E-state index is -0.377. The summed E-state index contributed by atoms with van der Waals surface area (Å²) in [6.45, 7) is 3.69. The van der Waals surface area contributed by atoms with Gasteiger partial charge >= 0.3 is 6.01 Å². The van der Waals surface area contributed by atoms with Gasteiger partial charge in [-0.1, -0.05) is 12.1 Å². The number of halogens is 2. The number of rotatable bonds is 4. The highest BCUT2D eigenvalue weighted by Crippen LogP contribution is 2.25. The molecule has 20 heavy (non-hydrogen) atoms. The third kappa shape index (κ3) is 3.33. The molecule has 5 nitrogen and oxygen atoms in total. The molecule has 0 amide bonds. The van der Waals surface area contributed by atoms with Crippen molar-refractivity contribution in [3.8, 4) is 6.01 Å². The molecule has 1 heterocycles. The van der Waals surface area contributed by atoms with Gasteiger partial charge in [0.25, 0.3) is 0 Å². The Balaban J connectivity index is 2.37. The molecule has 0 saturated carbocycles. The van der Waals surface area contributed by atoms with E-state index < -0.39 is 0 Å². The zero-order valence-corrected chi connectivity index (χ0v) is 12.1. The predicted octanol–water partition coefficient (Wildman–Crippen LogP) is 3.22. The molecule has 0 unspecified atom stereocenters. The molecule has 7 heteroatoms. The van der Waals surface area contributed by atoms with Gasteiger partial charge in [-0.3, -0.25) is 0 Å². The van der Waals surface area contributed by atoms with Crippen LogP contribution in [0.5, 0.6) is 6.01 Å². The maximum absolute atomic E-state index is 13.8. The molecular weight excluding hydrogens is 283 g/mol.